The minimum Gasteiger partial charge on any atom is -0.868 e. The zero-order chi connectivity index (χ0) is 12.1. The van der Waals surface area contributed by atoms with E-state index < -0.39 is 0 Å². The van der Waals surface area contributed by atoms with Gasteiger partial charge < -0.3 is 9.84 Å². The van der Waals surface area contributed by atoms with Crippen LogP contribution in [0.15, 0.2) is 48.8 Å². The molecular weight excluding hydrogens is 216 g/mol. The number of hydrogen-bond acceptors (Lipinski definition) is 3. The van der Waals surface area contributed by atoms with Crippen LogP contribution in [-0.4, -0.2) is 12.2 Å². The van der Waals surface area contributed by atoms with Crippen molar-refractivity contribution in [3.63, 3.8) is 0 Å². The molecule has 1 aromatic heterocycles. The van der Waals surface area contributed by atoms with Crippen molar-refractivity contribution in [3.05, 3.63) is 54.4 Å². The fraction of sp³-hybridized carbons (Fsp3) is 0.0769. The molecule has 0 radical (unpaired) electrons. The van der Waals surface area contributed by atoms with E-state index in [4.69, 9.17) is 4.74 Å². The van der Waals surface area contributed by atoms with Gasteiger partial charge in [0.2, 0.25) is 6.20 Å². The summed E-state index contributed by atoms with van der Waals surface area (Å²) in [5.74, 6) is 0.628. The van der Waals surface area contributed by atoms with Gasteiger partial charge in [-0.3, -0.25) is 0 Å². The Balaban J connectivity index is 2.24. The third-order valence-corrected chi connectivity index (χ3v) is 2.26. The smallest absolute Gasteiger partial charge is 0.202 e. The molecule has 0 aliphatic carbocycles. The maximum absolute atomic E-state index is 11.9. The van der Waals surface area contributed by atoms with Crippen LogP contribution in [0.1, 0.15) is 5.56 Å². The number of rotatable bonds is 3. The van der Waals surface area contributed by atoms with Crippen molar-refractivity contribution in [2.45, 2.75) is 0 Å². The fourth-order valence-corrected chi connectivity index (χ4v) is 1.37. The highest BCUT2D eigenvalue weighted by Crippen LogP contribution is 2.14. The summed E-state index contributed by atoms with van der Waals surface area (Å²) >= 11 is 0. The van der Waals surface area contributed by atoms with Gasteiger partial charge in [0.05, 0.1) is 13.3 Å². The monoisotopic (exact) mass is 228 g/mol. The molecule has 0 atom stereocenters. The van der Waals surface area contributed by atoms with Crippen molar-refractivity contribution in [1.82, 2.24) is 5.10 Å². The maximum atomic E-state index is 11.9. The number of nitrogens with zero attached hydrogens (tertiary/aromatic N) is 2. The highest BCUT2D eigenvalue weighted by atomic mass is 16.5. The first-order valence-corrected chi connectivity index (χ1v) is 5.15. The number of aromatic nitrogens is 2. The molecule has 0 fully saturated rings. The molecule has 2 rings (SSSR count). The molecule has 2 aromatic rings. The highest BCUT2D eigenvalue weighted by Gasteiger charge is 1.98. The van der Waals surface area contributed by atoms with E-state index in [9.17, 15) is 5.11 Å². The molecule has 1 heterocycles. The largest absolute Gasteiger partial charge is 0.868 e. The zero-order valence-corrected chi connectivity index (χ0v) is 9.41. The van der Waals surface area contributed by atoms with Crippen LogP contribution in [0.4, 0.5) is 0 Å². The lowest BCUT2D eigenvalue weighted by molar-refractivity contribution is -0.635. The zero-order valence-electron chi connectivity index (χ0n) is 9.41. The van der Waals surface area contributed by atoms with Gasteiger partial charge in [-0.2, -0.15) is 0 Å². The van der Waals surface area contributed by atoms with Crippen LogP contribution in [0.2, 0.25) is 0 Å². The average molecular weight is 228 g/mol. The molecule has 1 aromatic carbocycles. The Morgan fingerprint density at radius 1 is 1.29 bits per heavy atom. The van der Waals surface area contributed by atoms with Crippen molar-refractivity contribution in [1.29, 1.82) is 0 Å². The van der Waals surface area contributed by atoms with Gasteiger partial charge in [0, 0.05) is 6.07 Å². The SMILES string of the molecule is COc1ccc(/C([O-])=C/[n+]2ccccn2)cc1. The van der Waals surface area contributed by atoms with Crippen molar-refractivity contribution in [2.24, 2.45) is 0 Å². The molecule has 0 amide bonds. The lowest BCUT2D eigenvalue weighted by Gasteiger charge is -2.09. The number of ether oxygens (including phenoxy) is 1. The summed E-state index contributed by atoms with van der Waals surface area (Å²) in [7, 11) is 1.59. The minimum atomic E-state index is -0.101. The molecule has 0 aliphatic heterocycles. The van der Waals surface area contributed by atoms with E-state index in [1.54, 1.807) is 49.8 Å². The van der Waals surface area contributed by atoms with Crippen molar-refractivity contribution in [3.8, 4) is 5.75 Å². The molecule has 0 aliphatic rings. The first-order chi connectivity index (χ1) is 8.29. The minimum absolute atomic E-state index is 0.101. The van der Waals surface area contributed by atoms with E-state index in [0.717, 1.165) is 5.75 Å². The van der Waals surface area contributed by atoms with Gasteiger partial charge in [0.1, 0.15) is 5.75 Å². The number of benzene rings is 1. The predicted molar refractivity (Wildman–Crippen MR) is 61.6 cm³/mol. The molecular formula is C13H12N2O2. The second-order valence-corrected chi connectivity index (χ2v) is 3.40. The Morgan fingerprint density at radius 2 is 2.06 bits per heavy atom. The molecule has 0 spiro atoms. The highest BCUT2D eigenvalue weighted by molar-refractivity contribution is 5.64. The van der Waals surface area contributed by atoms with Gasteiger partial charge in [-0.05, 0) is 34.6 Å². The molecule has 0 N–H and O–H groups in total. The molecule has 4 nitrogen and oxygen atoms in total. The molecule has 86 valence electrons. The van der Waals surface area contributed by atoms with Crippen LogP contribution in [-0.2, 0) is 0 Å². The van der Waals surface area contributed by atoms with Gasteiger partial charge in [-0.1, -0.05) is 16.8 Å². The number of hydrogen-bond donors (Lipinski definition) is 0. The first-order valence-electron chi connectivity index (χ1n) is 5.15. The van der Waals surface area contributed by atoms with Gasteiger partial charge in [0.15, 0.2) is 6.20 Å². The Hall–Kier alpha value is -2.36. The van der Waals surface area contributed by atoms with E-state index in [1.165, 1.54) is 10.9 Å². The normalized spacial score (nSPS) is 11.2. The summed E-state index contributed by atoms with van der Waals surface area (Å²) in [5.41, 5.74) is 0.601. The predicted octanol–water partition coefficient (Wildman–Crippen LogP) is 0.694. The van der Waals surface area contributed by atoms with Crippen LogP contribution in [0, 0.1) is 0 Å². The number of methoxy groups -OCH3 is 1. The van der Waals surface area contributed by atoms with E-state index in [1.807, 2.05) is 6.07 Å². The Labute approximate surface area is 99.4 Å². The van der Waals surface area contributed by atoms with Gasteiger partial charge in [-0.25, -0.2) is 0 Å². The van der Waals surface area contributed by atoms with Crippen LogP contribution >= 0.6 is 0 Å². The van der Waals surface area contributed by atoms with Gasteiger partial charge in [0.25, 0.3) is 0 Å². The summed E-state index contributed by atoms with van der Waals surface area (Å²) in [6, 6.07) is 10.6. The molecule has 4 heteroatoms. The van der Waals surface area contributed by atoms with Crippen molar-refractivity contribution in [2.75, 3.05) is 7.11 Å². The standard InChI is InChI=1S/C13H12N2O2/c1-17-12-6-4-11(5-7-12)13(16)10-15-9-3-2-8-14-15/h2-10H,1H3. The fourth-order valence-electron chi connectivity index (χ4n) is 1.37. The Morgan fingerprint density at radius 3 is 2.65 bits per heavy atom. The lowest BCUT2D eigenvalue weighted by Crippen LogP contribution is -2.31. The van der Waals surface area contributed by atoms with Crippen LogP contribution < -0.4 is 14.5 Å². The van der Waals surface area contributed by atoms with Crippen molar-refractivity contribution >= 4 is 12.0 Å². The molecule has 0 saturated heterocycles. The molecule has 0 saturated carbocycles. The van der Waals surface area contributed by atoms with E-state index >= 15 is 0 Å². The summed E-state index contributed by atoms with van der Waals surface area (Å²) in [6.45, 7) is 0. The third-order valence-electron chi connectivity index (χ3n) is 2.26. The second kappa shape index (κ2) is 5.12. The quantitative estimate of drug-likeness (QED) is 0.573. The Kier molecular flexibility index (Phi) is 3.35. The summed E-state index contributed by atoms with van der Waals surface area (Å²) in [4.78, 5) is 0. The average Bonchev–Trinajstić information content (AvgIpc) is 2.40. The molecule has 0 unspecified atom stereocenters. The van der Waals surface area contributed by atoms with E-state index in [-0.39, 0.29) is 5.76 Å². The van der Waals surface area contributed by atoms with Crippen LogP contribution in [0.3, 0.4) is 0 Å². The first kappa shape index (κ1) is 11.1. The van der Waals surface area contributed by atoms with E-state index in [2.05, 4.69) is 5.10 Å². The second-order valence-electron chi connectivity index (χ2n) is 3.40. The third kappa shape index (κ3) is 2.81. The van der Waals surface area contributed by atoms with Crippen molar-refractivity contribution < 1.29 is 14.5 Å². The summed E-state index contributed by atoms with van der Waals surface area (Å²) in [6.07, 6.45) is 4.76. The molecule has 17 heavy (non-hydrogen) atoms. The summed E-state index contributed by atoms with van der Waals surface area (Å²) < 4.78 is 6.51. The van der Waals surface area contributed by atoms with Crippen LogP contribution in [0.5, 0.6) is 5.75 Å². The molecule has 0 bridgehead atoms. The van der Waals surface area contributed by atoms with E-state index in [0.29, 0.717) is 5.56 Å². The van der Waals surface area contributed by atoms with Gasteiger partial charge >= 0.3 is 0 Å². The Bertz CT molecular complexity index is 507. The summed E-state index contributed by atoms with van der Waals surface area (Å²) in [5, 5.41) is 15.9. The van der Waals surface area contributed by atoms with Gasteiger partial charge in [-0.15, -0.1) is 0 Å². The topological polar surface area (TPSA) is 49.1 Å². The maximum Gasteiger partial charge on any atom is 0.202 e. The lowest BCUT2D eigenvalue weighted by atomic mass is 10.2. The van der Waals surface area contributed by atoms with Crippen LogP contribution in [0.25, 0.3) is 12.0 Å².